The molecule has 1 saturated heterocycles. The second kappa shape index (κ2) is 10.1. The second-order valence-electron chi connectivity index (χ2n) is 4.97. The zero-order valence-electron chi connectivity index (χ0n) is 11.6. The van der Waals surface area contributed by atoms with E-state index in [2.05, 4.69) is 9.89 Å². The van der Waals surface area contributed by atoms with Gasteiger partial charge in [0.1, 0.15) is 0 Å². The van der Waals surface area contributed by atoms with Crippen LogP contribution in [0, 0.1) is 0 Å². The van der Waals surface area contributed by atoms with Gasteiger partial charge in [0.2, 0.25) is 0 Å². The number of hydrogen-bond donors (Lipinski definition) is 1. The fourth-order valence-electron chi connectivity index (χ4n) is 2.46. The summed E-state index contributed by atoms with van der Waals surface area (Å²) in [5.41, 5.74) is 5.98. The Kier molecular flexibility index (Phi) is 9.23. The predicted octanol–water partition coefficient (Wildman–Crippen LogP) is 2.32. The van der Waals surface area contributed by atoms with E-state index < -0.39 is 0 Å². The van der Waals surface area contributed by atoms with Gasteiger partial charge in [-0.2, -0.15) is 11.8 Å². The van der Waals surface area contributed by atoms with Gasteiger partial charge in [0.25, 0.3) is 0 Å². The molecule has 112 valence electrons. The highest BCUT2D eigenvalue weighted by molar-refractivity contribution is 14.0. The summed E-state index contributed by atoms with van der Waals surface area (Å²) in [6.45, 7) is 3.71. The maximum Gasteiger partial charge on any atom is 0.191 e. The van der Waals surface area contributed by atoms with Crippen molar-refractivity contribution in [2.45, 2.75) is 38.2 Å². The second-order valence-corrected chi connectivity index (χ2v) is 6.19. The SMILES string of the molecule is I.NC(=NCCCOC1CCCC1)N1CCSCC1. The number of ether oxygens (including phenoxy) is 1. The van der Waals surface area contributed by atoms with Crippen molar-refractivity contribution < 1.29 is 4.74 Å². The van der Waals surface area contributed by atoms with Gasteiger partial charge in [0.15, 0.2) is 5.96 Å². The van der Waals surface area contributed by atoms with Gasteiger partial charge in [-0.3, -0.25) is 4.99 Å². The van der Waals surface area contributed by atoms with Crippen LogP contribution in [0.4, 0.5) is 0 Å². The molecule has 0 unspecified atom stereocenters. The molecule has 1 heterocycles. The lowest BCUT2D eigenvalue weighted by atomic mass is 10.3. The normalized spacial score (nSPS) is 21.5. The van der Waals surface area contributed by atoms with E-state index in [-0.39, 0.29) is 24.0 Å². The minimum atomic E-state index is 0. The van der Waals surface area contributed by atoms with E-state index in [9.17, 15) is 0 Å². The van der Waals surface area contributed by atoms with Crippen molar-refractivity contribution in [1.29, 1.82) is 0 Å². The standard InChI is InChI=1S/C13H25N3OS.HI/c14-13(16-7-10-18-11-8-16)15-6-3-9-17-12-4-1-2-5-12;/h12H,1-11H2,(H2,14,15);1H. The van der Waals surface area contributed by atoms with Gasteiger partial charge in [-0.1, -0.05) is 12.8 Å². The predicted molar refractivity (Wildman–Crippen MR) is 93.6 cm³/mol. The molecule has 0 spiro atoms. The Hall–Kier alpha value is 0.310. The molecular formula is C13H26IN3OS. The molecule has 2 aliphatic rings. The Bertz CT molecular complexity index is 267. The Balaban J connectivity index is 0.00000180. The maximum atomic E-state index is 5.98. The molecule has 0 aromatic heterocycles. The van der Waals surface area contributed by atoms with Crippen molar-refractivity contribution in [2.24, 2.45) is 10.7 Å². The summed E-state index contributed by atoms with van der Waals surface area (Å²) >= 11 is 1.99. The Labute approximate surface area is 137 Å². The molecule has 1 saturated carbocycles. The van der Waals surface area contributed by atoms with Crippen molar-refractivity contribution in [3.05, 3.63) is 0 Å². The summed E-state index contributed by atoms with van der Waals surface area (Å²) in [4.78, 5) is 6.63. The van der Waals surface area contributed by atoms with Gasteiger partial charge in [-0.25, -0.2) is 0 Å². The van der Waals surface area contributed by atoms with Crippen molar-refractivity contribution in [2.75, 3.05) is 37.7 Å². The highest BCUT2D eigenvalue weighted by atomic mass is 127. The molecule has 2 rings (SSSR count). The van der Waals surface area contributed by atoms with Gasteiger partial charge in [-0.15, -0.1) is 24.0 Å². The van der Waals surface area contributed by atoms with E-state index in [4.69, 9.17) is 10.5 Å². The van der Waals surface area contributed by atoms with Gasteiger partial charge >= 0.3 is 0 Å². The summed E-state index contributed by atoms with van der Waals surface area (Å²) in [5.74, 6) is 3.05. The smallest absolute Gasteiger partial charge is 0.191 e. The van der Waals surface area contributed by atoms with Gasteiger partial charge in [0, 0.05) is 37.7 Å². The molecule has 0 radical (unpaired) electrons. The van der Waals surface area contributed by atoms with E-state index in [0.29, 0.717) is 6.10 Å². The van der Waals surface area contributed by atoms with E-state index in [1.165, 1.54) is 37.2 Å². The van der Waals surface area contributed by atoms with Crippen LogP contribution in [0.2, 0.25) is 0 Å². The summed E-state index contributed by atoms with van der Waals surface area (Å²) in [5, 5.41) is 0. The average Bonchev–Trinajstić information content (AvgIpc) is 2.92. The average molecular weight is 399 g/mol. The maximum absolute atomic E-state index is 5.98. The van der Waals surface area contributed by atoms with Crippen molar-refractivity contribution in [1.82, 2.24) is 4.90 Å². The molecular weight excluding hydrogens is 373 g/mol. The first-order valence-corrected chi connectivity index (χ1v) is 8.26. The fourth-order valence-corrected chi connectivity index (χ4v) is 3.36. The Morgan fingerprint density at radius 3 is 2.63 bits per heavy atom. The first-order chi connectivity index (χ1) is 8.86. The molecule has 4 nitrogen and oxygen atoms in total. The number of hydrogen-bond acceptors (Lipinski definition) is 3. The Morgan fingerprint density at radius 1 is 1.26 bits per heavy atom. The number of thioether (sulfide) groups is 1. The van der Waals surface area contributed by atoms with Crippen LogP contribution in [-0.2, 0) is 4.74 Å². The third-order valence-corrected chi connectivity index (χ3v) is 4.51. The van der Waals surface area contributed by atoms with Crippen LogP contribution < -0.4 is 5.73 Å². The molecule has 0 aromatic rings. The van der Waals surface area contributed by atoms with Crippen LogP contribution in [0.15, 0.2) is 4.99 Å². The molecule has 0 bridgehead atoms. The summed E-state index contributed by atoms with van der Waals surface area (Å²) < 4.78 is 5.80. The molecule has 2 fully saturated rings. The molecule has 19 heavy (non-hydrogen) atoms. The number of guanidine groups is 1. The lowest BCUT2D eigenvalue weighted by Gasteiger charge is -2.27. The zero-order chi connectivity index (χ0) is 12.6. The van der Waals surface area contributed by atoms with Crippen molar-refractivity contribution >= 4 is 41.7 Å². The van der Waals surface area contributed by atoms with Crippen LogP contribution >= 0.6 is 35.7 Å². The quantitative estimate of drug-likeness (QED) is 0.334. The number of nitrogens with two attached hydrogens (primary N) is 1. The van der Waals surface area contributed by atoms with Crippen LogP contribution in [-0.4, -0.2) is 54.7 Å². The third kappa shape index (κ3) is 6.53. The van der Waals surface area contributed by atoms with Crippen LogP contribution in [0.25, 0.3) is 0 Å². The Morgan fingerprint density at radius 2 is 1.95 bits per heavy atom. The van der Waals surface area contributed by atoms with Crippen molar-refractivity contribution in [3.63, 3.8) is 0 Å². The van der Waals surface area contributed by atoms with Crippen LogP contribution in [0.5, 0.6) is 0 Å². The highest BCUT2D eigenvalue weighted by Gasteiger charge is 2.14. The molecule has 1 aliphatic heterocycles. The minimum absolute atomic E-state index is 0. The summed E-state index contributed by atoms with van der Waals surface area (Å²) in [6, 6.07) is 0. The lowest BCUT2D eigenvalue weighted by molar-refractivity contribution is 0.0579. The fraction of sp³-hybridized carbons (Fsp3) is 0.923. The zero-order valence-corrected chi connectivity index (χ0v) is 14.7. The highest BCUT2D eigenvalue weighted by Crippen LogP contribution is 2.20. The van der Waals surface area contributed by atoms with E-state index in [1.807, 2.05) is 11.8 Å². The summed E-state index contributed by atoms with van der Waals surface area (Å²) in [7, 11) is 0. The lowest BCUT2D eigenvalue weighted by Crippen LogP contribution is -2.42. The van der Waals surface area contributed by atoms with E-state index in [0.717, 1.165) is 38.6 Å². The molecule has 0 amide bonds. The monoisotopic (exact) mass is 399 g/mol. The van der Waals surface area contributed by atoms with Crippen molar-refractivity contribution in [3.8, 4) is 0 Å². The number of rotatable bonds is 5. The van der Waals surface area contributed by atoms with E-state index in [1.54, 1.807) is 0 Å². The molecule has 6 heteroatoms. The first kappa shape index (κ1) is 17.4. The van der Waals surface area contributed by atoms with Crippen LogP contribution in [0.3, 0.4) is 0 Å². The van der Waals surface area contributed by atoms with Gasteiger partial charge < -0.3 is 15.4 Å². The third-order valence-electron chi connectivity index (χ3n) is 3.57. The summed E-state index contributed by atoms with van der Waals surface area (Å²) in [6.07, 6.45) is 6.67. The van der Waals surface area contributed by atoms with Crippen LogP contribution in [0.1, 0.15) is 32.1 Å². The topological polar surface area (TPSA) is 50.9 Å². The number of aliphatic imine (C=N–C) groups is 1. The van der Waals surface area contributed by atoms with Gasteiger partial charge in [-0.05, 0) is 19.3 Å². The first-order valence-electron chi connectivity index (χ1n) is 7.10. The van der Waals surface area contributed by atoms with E-state index >= 15 is 0 Å². The molecule has 0 atom stereocenters. The number of halogens is 1. The molecule has 2 N–H and O–H groups in total. The minimum Gasteiger partial charge on any atom is -0.378 e. The number of nitrogens with zero attached hydrogens (tertiary/aromatic N) is 2. The largest absolute Gasteiger partial charge is 0.378 e. The van der Waals surface area contributed by atoms with Gasteiger partial charge in [0.05, 0.1) is 6.10 Å². The molecule has 0 aromatic carbocycles. The molecule has 1 aliphatic carbocycles.